The molecule has 60 heavy (non-hydrogen) atoms. The van der Waals surface area contributed by atoms with Gasteiger partial charge in [0.2, 0.25) is 0 Å². The maximum absolute atomic E-state index is 5.26. The van der Waals surface area contributed by atoms with Crippen LogP contribution in [0.1, 0.15) is 0 Å². The molecule has 12 aromatic rings. The Morgan fingerprint density at radius 3 is 1.62 bits per heavy atom. The summed E-state index contributed by atoms with van der Waals surface area (Å²) in [7, 11) is 0. The number of para-hydroxylation sites is 2. The second-order valence-electron chi connectivity index (χ2n) is 15.2. The molecule has 12 rings (SSSR count). The Morgan fingerprint density at radius 2 is 0.867 bits per heavy atom. The van der Waals surface area contributed by atoms with Gasteiger partial charge in [-0.15, -0.1) is 11.3 Å². The number of benzene rings is 9. The van der Waals surface area contributed by atoms with Crippen molar-refractivity contribution in [2.75, 3.05) is 0 Å². The van der Waals surface area contributed by atoms with Crippen LogP contribution in [0.5, 0.6) is 0 Å². The van der Waals surface area contributed by atoms with Gasteiger partial charge in [0.15, 0.2) is 17.5 Å². The average Bonchev–Trinajstić information content (AvgIpc) is 3.87. The molecule has 0 atom stereocenters. The number of rotatable bonds is 6. The van der Waals surface area contributed by atoms with Crippen LogP contribution >= 0.6 is 11.3 Å². The summed E-state index contributed by atoms with van der Waals surface area (Å²) in [4.78, 5) is 15.7. The fourth-order valence-corrected chi connectivity index (χ4v) is 10.0. The topological polar surface area (TPSA) is 43.6 Å². The summed E-state index contributed by atoms with van der Waals surface area (Å²) in [5.41, 5.74) is 10.8. The largest absolute Gasteiger partial charge is 0.309 e. The molecular weight excluding hydrogens is 749 g/mol. The van der Waals surface area contributed by atoms with Crippen LogP contribution in [0, 0.1) is 0 Å². The summed E-state index contributed by atoms with van der Waals surface area (Å²) in [6, 6.07) is 73.3. The van der Waals surface area contributed by atoms with Crippen LogP contribution < -0.4 is 0 Å². The molecule has 0 aliphatic heterocycles. The minimum atomic E-state index is 0.615. The Labute approximate surface area is 350 Å². The highest BCUT2D eigenvalue weighted by Gasteiger charge is 2.19. The van der Waals surface area contributed by atoms with Crippen molar-refractivity contribution in [1.29, 1.82) is 0 Å². The molecular formula is C55H34N4S. The molecule has 0 saturated heterocycles. The lowest BCUT2D eigenvalue weighted by Gasteiger charge is -2.16. The van der Waals surface area contributed by atoms with Crippen LogP contribution in [0.4, 0.5) is 0 Å². The highest BCUT2D eigenvalue weighted by molar-refractivity contribution is 7.26. The molecule has 0 aliphatic carbocycles. The molecule has 0 radical (unpaired) electrons. The molecule has 4 nitrogen and oxygen atoms in total. The van der Waals surface area contributed by atoms with Crippen molar-refractivity contribution >= 4 is 64.1 Å². The molecule has 0 spiro atoms. The van der Waals surface area contributed by atoms with E-state index < -0.39 is 0 Å². The molecule has 0 fully saturated rings. The van der Waals surface area contributed by atoms with Crippen molar-refractivity contribution in [2.45, 2.75) is 0 Å². The van der Waals surface area contributed by atoms with E-state index >= 15 is 0 Å². The van der Waals surface area contributed by atoms with Gasteiger partial charge in [-0.25, -0.2) is 15.0 Å². The number of thiophene rings is 1. The van der Waals surface area contributed by atoms with Crippen LogP contribution in [-0.2, 0) is 0 Å². The van der Waals surface area contributed by atoms with E-state index in [4.69, 9.17) is 15.0 Å². The first kappa shape index (κ1) is 34.3. The van der Waals surface area contributed by atoms with Crippen molar-refractivity contribution in [3.63, 3.8) is 0 Å². The fourth-order valence-electron chi connectivity index (χ4n) is 8.76. The Balaban J connectivity index is 1.05. The smallest absolute Gasteiger partial charge is 0.164 e. The van der Waals surface area contributed by atoms with Gasteiger partial charge in [-0.1, -0.05) is 176 Å². The summed E-state index contributed by atoms with van der Waals surface area (Å²) in [6.07, 6.45) is 0. The van der Waals surface area contributed by atoms with Crippen LogP contribution in [-0.4, -0.2) is 19.5 Å². The summed E-state index contributed by atoms with van der Waals surface area (Å²) in [5.74, 6) is 1.87. The van der Waals surface area contributed by atoms with Gasteiger partial charge in [0.05, 0.1) is 16.7 Å². The zero-order valence-corrected chi connectivity index (χ0v) is 33.1. The predicted octanol–water partition coefficient (Wildman–Crippen LogP) is 14.8. The van der Waals surface area contributed by atoms with Crippen LogP contribution in [0.15, 0.2) is 206 Å². The summed E-state index contributed by atoms with van der Waals surface area (Å²) in [5, 5.41) is 7.33. The number of hydrogen-bond donors (Lipinski definition) is 0. The Hall–Kier alpha value is -7.73. The third kappa shape index (κ3) is 5.70. The average molecular weight is 783 g/mol. The second-order valence-corrected chi connectivity index (χ2v) is 16.2. The minimum absolute atomic E-state index is 0.615. The van der Waals surface area contributed by atoms with E-state index in [0.717, 1.165) is 55.5 Å². The molecule has 3 aromatic heterocycles. The molecule has 5 heteroatoms. The van der Waals surface area contributed by atoms with E-state index in [1.54, 1.807) is 0 Å². The van der Waals surface area contributed by atoms with Crippen molar-refractivity contribution in [1.82, 2.24) is 19.5 Å². The Bertz CT molecular complexity index is 3550. The standard InChI is InChI=1S/C55H34N4S/c1-2-14-36(15-3-1)42-32-31-41(34-50(42)59-48-22-9-6-17-44(48)45-18-7-10-23-49(45)59)55-57-53(56-54(58-55)40-30-25-35-13-4-5-16-39(35)33-40)38-28-26-37(27-29-38)43-20-12-21-47-46-19-8-11-24-51(46)60-52(43)47/h1-34H. The van der Waals surface area contributed by atoms with Gasteiger partial charge in [-0.3, -0.25) is 0 Å². The molecule has 3 heterocycles. The predicted molar refractivity (Wildman–Crippen MR) is 252 cm³/mol. The van der Waals surface area contributed by atoms with Crippen molar-refractivity contribution in [3.8, 4) is 62.1 Å². The van der Waals surface area contributed by atoms with E-state index in [1.165, 1.54) is 41.9 Å². The first-order valence-electron chi connectivity index (χ1n) is 20.2. The molecule has 0 N–H and O–H groups in total. The molecule has 0 amide bonds. The van der Waals surface area contributed by atoms with E-state index in [9.17, 15) is 0 Å². The number of fused-ring (bicyclic) bond motifs is 7. The molecule has 280 valence electrons. The SMILES string of the molecule is c1ccc(-c2ccc(-c3nc(-c4ccc(-c5cccc6c5sc5ccccc56)cc4)nc(-c4ccc5ccccc5c4)n3)cc2-n2c3ccccc3c3ccccc32)cc1. The van der Waals surface area contributed by atoms with Crippen LogP contribution in [0.25, 0.3) is 115 Å². The molecule has 0 unspecified atom stereocenters. The van der Waals surface area contributed by atoms with Crippen molar-refractivity contribution < 1.29 is 0 Å². The van der Waals surface area contributed by atoms with Gasteiger partial charge in [0, 0.05) is 53.2 Å². The normalized spacial score (nSPS) is 11.7. The van der Waals surface area contributed by atoms with E-state index in [1.807, 2.05) is 11.3 Å². The Morgan fingerprint density at radius 1 is 0.333 bits per heavy atom. The zero-order valence-electron chi connectivity index (χ0n) is 32.3. The highest BCUT2D eigenvalue weighted by Crippen LogP contribution is 2.41. The fraction of sp³-hybridized carbons (Fsp3) is 0. The zero-order chi connectivity index (χ0) is 39.6. The number of nitrogens with zero attached hydrogens (tertiary/aromatic N) is 4. The van der Waals surface area contributed by atoms with E-state index in [2.05, 4.69) is 211 Å². The van der Waals surface area contributed by atoms with Gasteiger partial charge in [-0.05, 0) is 57.8 Å². The molecule has 0 saturated carbocycles. The maximum atomic E-state index is 5.26. The van der Waals surface area contributed by atoms with Crippen LogP contribution in [0.2, 0.25) is 0 Å². The summed E-state index contributed by atoms with van der Waals surface area (Å²) >= 11 is 1.85. The maximum Gasteiger partial charge on any atom is 0.164 e. The van der Waals surface area contributed by atoms with Crippen molar-refractivity contribution in [3.05, 3.63) is 206 Å². The number of aromatic nitrogens is 4. The Kier molecular flexibility index (Phi) is 8.00. The molecule has 0 aliphatic rings. The molecule has 9 aromatic carbocycles. The molecule has 0 bridgehead atoms. The summed E-state index contributed by atoms with van der Waals surface area (Å²) in [6.45, 7) is 0. The third-order valence-electron chi connectivity index (χ3n) is 11.7. The second kappa shape index (κ2) is 14.0. The first-order chi connectivity index (χ1) is 29.7. The first-order valence-corrected chi connectivity index (χ1v) is 21.0. The lowest BCUT2D eigenvalue weighted by atomic mass is 10.00. The van der Waals surface area contributed by atoms with Crippen LogP contribution in [0.3, 0.4) is 0 Å². The van der Waals surface area contributed by atoms with Gasteiger partial charge in [0.1, 0.15) is 0 Å². The van der Waals surface area contributed by atoms with Crippen molar-refractivity contribution in [2.24, 2.45) is 0 Å². The lowest BCUT2D eigenvalue weighted by molar-refractivity contribution is 1.07. The monoisotopic (exact) mass is 782 g/mol. The van der Waals surface area contributed by atoms with Gasteiger partial charge in [-0.2, -0.15) is 0 Å². The highest BCUT2D eigenvalue weighted by atomic mass is 32.1. The van der Waals surface area contributed by atoms with Gasteiger partial charge in [0.25, 0.3) is 0 Å². The van der Waals surface area contributed by atoms with E-state index in [0.29, 0.717) is 17.5 Å². The van der Waals surface area contributed by atoms with Gasteiger partial charge >= 0.3 is 0 Å². The lowest BCUT2D eigenvalue weighted by Crippen LogP contribution is -2.02. The summed E-state index contributed by atoms with van der Waals surface area (Å²) < 4.78 is 4.98. The quantitative estimate of drug-likeness (QED) is 0.169. The number of hydrogen-bond acceptors (Lipinski definition) is 4. The minimum Gasteiger partial charge on any atom is -0.309 e. The van der Waals surface area contributed by atoms with Gasteiger partial charge < -0.3 is 4.57 Å². The van der Waals surface area contributed by atoms with E-state index in [-0.39, 0.29) is 0 Å². The third-order valence-corrected chi connectivity index (χ3v) is 12.9.